The van der Waals surface area contributed by atoms with E-state index in [2.05, 4.69) is 273 Å². The summed E-state index contributed by atoms with van der Waals surface area (Å²) in [4.78, 5) is 32.0. The molecule has 16 rings (SSSR count). The lowest BCUT2D eigenvalue weighted by Gasteiger charge is -2.31. The third-order valence-electron chi connectivity index (χ3n) is 17.8. The Morgan fingerprint density at radius 1 is 0.294 bits per heavy atom. The van der Waals surface area contributed by atoms with Gasteiger partial charge in [-0.05, 0) is 116 Å². The molecule has 402 valence electrons. The van der Waals surface area contributed by atoms with Crippen molar-refractivity contribution in [2.24, 2.45) is 0 Å². The molecule has 1 spiro atoms. The van der Waals surface area contributed by atoms with Crippen LogP contribution in [0.5, 0.6) is 0 Å². The van der Waals surface area contributed by atoms with E-state index in [1.165, 1.54) is 55.6 Å². The molecular weight excluding hydrogens is 1030 g/mol. The molecule has 0 fully saturated rings. The molecular formula is C79H56N6. The zero-order chi connectivity index (χ0) is 56.3. The molecule has 0 N–H and O–H groups in total. The van der Waals surface area contributed by atoms with E-state index in [0.717, 1.165) is 81.3 Å². The van der Waals surface area contributed by atoms with Gasteiger partial charge in [-0.15, -0.1) is 0 Å². The molecule has 6 nitrogen and oxygen atoms in total. The van der Waals surface area contributed by atoms with E-state index in [1.54, 1.807) is 0 Å². The molecule has 0 aliphatic heterocycles. The number of hydrogen-bond acceptors (Lipinski definition) is 6. The number of aromatic nitrogens is 6. The van der Waals surface area contributed by atoms with Crippen LogP contribution >= 0.6 is 0 Å². The van der Waals surface area contributed by atoms with E-state index in [4.69, 9.17) is 29.9 Å². The minimum Gasteiger partial charge on any atom is -0.208 e. The number of fused-ring (bicyclic) bond motifs is 10. The summed E-state index contributed by atoms with van der Waals surface area (Å²) in [5, 5.41) is 0. The third-order valence-corrected chi connectivity index (χ3v) is 17.8. The van der Waals surface area contributed by atoms with Gasteiger partial charge in [0.1, 0.15) is 0 Å². The molecule has 6 heteroatoms. The summed E-state index contributed by atoms with van der Waals surface area (Å²) in [6.07, 6.45) is 28.4. The van der Waals surface area contributed by atoms with E-state index in [-0.39, 0.29) is 0 Å². The van der Waals surface area contributed by atoms with Crippen molar-refractivity contribution in [3.05, 3.63) is 318 Å². The molecule has 9 aromatic carbocycles. The Balaban J connectivity index is 0.849. The highest BCUT2D eigenvalue weighted by atomic mass is 15.0. The van der Waals surface area contributed by atoms with Crippen molar-refractivity contribution in [2.75, 3.05) is 0 Å². The predicted octanol–water partition coefficient (Wildman–Crippen LogP) is 19.0. The van der Waals surface area contributed by atoms with Crippen LogP contribution in [0.25, 0.3) is 107 Å². The van der Waals surface area contributed by atoms with Gasteiger partial charge in [0.25, 0.3) is 0 Å². The molecule has 5 aliphatic carbocycles. The maximum atomic E-state index is 5.39. The van der Waals surface area contributed by atoms with E-state index < -0.39 is 5.41 Å². The molecule has 5 aliphatic rings. The highest BCUT2D eigenvalue weighted by Gasteiger charge is 2.52. The SMILES string of the molecule is C1=CCC(c2ccc(-c3nc(-c4ccc(C5=CCCC=C5)cc4)nc(-c4ccc5c(c4)C4(c6ccccc6-c6ccccc64)c4cc(-c6nc(-c7ccc(-c8ccccc8)cc7)nc(-c7ccc(C8C=CC=CC8)cc7)n6)ccc4-5)n3)cc2)C=C1. The highest BCUT2D eigenvalue weighted by molar-refractivity contribution is 5.97. The number of hydrogen-bond donors (Lipinski definition) is 0. The molecule has 85 heavy (non-hydrogen) atoms. The molecule has 2 aromatic heterocycles. The van der Waals surface area contributed by atoms with Gasteiger partial charge in [-0.2, -0.15) is 0 Å². The smallest absolute Gasteiger partial charge is 0.164 e. The Labute approximate surface area is 495 Å². The van der Waals surface area contributed by atoms with Crippen LogP contribution in [0.2, 0.25) is 0 Å². The van der Waals surface area contributed by atoms with Crippen LogP contribution in [0, 0.1) is 0 Å². The average molecular weight is 1090 g/mol. The second-order valence-electron chi connectivity index (χ2n) is 22.7. The Kier molecular flexibility index (Phi) is 12.4. The quantitative estimate of drug-likeness (QED) is 0.136. The Hall–Kier alpha value is -10.6. The van der Waals surface area contributed by atoms with Crippen molar-refractivity contribution in [1.29, 1.82) is 0 Å². The van der Waals surface area contributed by atoms with E-state index in [1.807, 2.05) is 6.07 Å². The largest absolute Gasteiger partial charge is 0.208 e. The van der Waals surface area contributed by atoms with E-state index in [0.29, 0.717) is 46.8 Å². The van der Waals surface area contributed by atoms with Gasteiger partial charge in [0.2, 0.25) is 0 Å². The van der Waals surface area contributed by atoms with Crippen LogP contribution in [0.15, 0.2) is 279 Å². The summed E-state index contributed by atoms with van der Waals surface area (Å²) in [5.41, 5.74) is 21.7. The summed E-state index contributed by atoms with van der Waals surface area (Å²) in [6, 6.07) is 76.8. The van der Waals surface area contributed by atoms with Gasteiger partial charge in [0.05, 0.1) is 5.41 Å². The standard InChI is InChI=1S/C79H56N6/c1-5-17-51(18-6-1)55-29-37-59(38-30-55)73-80-74(60-39-31-56(32-40-60)52-19-7-2-8-20-52)83-77(82-73)63-45-47-67-68-48-46-64(50-72(68)79(71(67)49-63)69-27-15-13-25-65(69)66-26-14-16-28-70(66)79)78-84-75(61-41-33-57(34-42-61)53-21-9-3-10-22-53)81-76(85-78)62-43-35-58(36-44-62)54-23-11-4-12-24-54/h1-3,5-11,13-19,21,23-50,52-53H,4,12,20,22H2. The summed E-state index contributed by atoms with van der Waals surface area (Å²) in [5.74, 6) is 4.38. The first kappa shape index (κ1) is 50.2. The molecule has 0 bridgehead atoms. The molecule has 2 heterocycles. The van der Waals surface area contributed by atoms with Gasteiger partial charge < -0.3 is 0 Å². The van der Waals surface area contributed by atoms with Crippen LogP contribution in [0.4, 0.5) is 0 Å². The fraction of sp³-hybridized carbons (Fsp3) is 0.0886. The van der Waals surface area contributed by atoms with Crippen molar-refractivity contribution in [2.45, 2.75) is 42.9 Å². The van der Waals surface area contributed by atoms with Gasteiger partial charge in [0.15, 0.2) is 34.9 Å². The number of benzene rings is 9. The van der Waals surface area contributed by atoms with Crippen molar-refractivity contribution in [1.82, 2.24) is 29.9 Å². The molecule has 0 saturated heterocycles. The third kappa shape index (κ3) is 8.88. The summed E-state index contributed by atoms with van der Waals surface area (Å²) in [6.45, 7) is 0. The predicted molar refractivity (Wildman–Crippen MR) is 345 cm³/mol. The van der Waals surface area contributed by atoms with Crippen molar-refractivity contribution < 1.29 is 0 Å². The van der Waals surface area contributed by atoms with Gasteiger partial charge in [-0.3, -0.25) is 0 Å². The zero-order valence-corrected chi connectivity index (χ0v) is 46.7. The van der Waals surface area contributed by atoms with Crippen LogP contribution < -0.4 is 0 Å². The summed E-state index contributed by atoms with van der Waals surface area (Å²) in [7, 11) is 0. The maximum absolute atomic E-state index is 5.39. The topological polar surface area (TPSA) is 77.3 Å². The molecule has 0 radical (unpaired) electrons. The fourth-order valence-corrected chi connectivity index (χ4v) is 13.4. The van der Waals surface area contributed by atoms with Gasteiger partial charge in [-0.25, -0.2) is 29.9 Å². The van der Waals surface area contributed by atoms with E-state index in [9.17, 15) is 0 Å². The second kappa shape index (κ2) is 21.0. The molecule has 0 saturated carbocycles. The normalized spacial score (nSPS) is 16.4. The summed E-state index contributed by atoms with van der Waals surface area (Å²) >= 11 is 0. The molecule has 0 amide bonds. The summed E-state index contributed by atoms with van der Waals surface area (Å²) < 4.78 is 0. The van der Waals surface area contributed by atoms with Crippen LogP contribution in [-0.4, -0.2) is 29.9 Å². The van der Waals surface area contributed by atoms with Gasteiger partial charge >= 0.3 is 0 Å². The fourth-order valence-electron chi connectivity index (χ4n) is 13.4. The lowest BCUT2D eigenvalue weighted by atomic mass is 9.70. The maximum Gasteiger partial charge on any atom is 0.164 e. The van der Waals surface area contributed by atoms with Gasteiger partial charge in [0, 0.05) is 45.2 Å². The lowest BCUT2D eigenvalue weighted by molar-refractivity contribution is 0.794. The minimum absolute atomic E-state index is 0.332. The number of rotatable bonds is 10. The van der Waals surface area contributed by atoms with Crippen LogP contribution in [0.3, 0.4) is 0 Å². The first-order valence-corrected chi connectivity index (χ1v) is 29.6. The first-order valence-electron chi connectivity index (χ1n) is 29.6. The lowest BCUT2D eigenvalue weighted by Crippen LogP contribution is -2.26. The van der Waals surface area contributed by atoms with Gasteiger partial charge in [-0.1, -0.05) is 267 Å². The van der Waals surface area contributed by atoms with Crippen LogP contribution in [-0.2, 0) is 5.41 Å². The number of allylic oxidation sites excluding steroid dienone is 12. The average Bonchev–Trinajstić information content (AvgIpc) is 1.56. The van der Waals surface area contributed by atoms with E-state index >= 15 is 0 Å². The van der Waals surface area contributed by atoms with Crippen molar-refractivity contribution >= 4 is 5.57 Å². The monoisotopic (exact) mass is 1090 g/mol. The zero-order valence-electron chi connectivity index (χ0n) is 46.7. The van der Waals surface area contributed by atoms with Crippen molar-refractivity contribution in [3.8, 4) is 102 Å². The first-order chi connectivity index (χ1) is 42.1. The molecule has 11 aromatic rings. The second-order valence-corrected chi connectivity index (χ2v) is 22.7. The Bertz CT molecular complexity index is 4580. The van der Waals surface area contributed by atoms with Crippen molar-refractivity contribution in [3.63, 3.8) is 0 Å². The Morgan fingerprint density at radius 2 is 0.671 bits per heavy atom. The van der Waals surface area contributed by atoms with Crippen LogP contribution in [0.1, 0.15) is 76.5 Å². The molecule has 2 unspecified atom stereocenters. The highest BCUT2D eigenvalue weighted by Crippen LogP contribution is 2.63. The number of nitrogens with zero attached hydrogens (tertiary/aromatic N) is 6. The minimum atomic E-state index is -0.705. The Morgan fingerprint density at radius 3 is 1.11 bits per heavy atom. The molecule has 2 atom stereocenters.